The molecule has 3 heteroatoms. The SMILES string of the molecule is CC(C)SCC(=O)CCn1ccc2ccccc21. The molecule has 0 saturated heterocycles. The van der Waals surface area contributed by atoms with Crippen LogP contribution in [0.4, 0.5) is 0 Å². The third-order valence-electron chi connectivity index (χ3n) is 2.89. The molecule has 0 atom stereocenters. The number of rotatable bonds is 6. The fourth-order valence-corrected chi connectivity index (χ4v) is 2.58. The predicted octanol–water partition coefficient (Wildman–Crippen LogP) is 3.74. The van der Waals surface area contributed by atoms with Crippen molar-refractivity contribution in [3.8, 4) is 0 Å². The molecule has 2 rings (SSSR count). The number of benzene rings is 1. The molecule has 2 nitrogen and oxygen atoms in total. The molecule has 2 aromatic rings. The van der Waals surface area contributed by atoms with Gasteiger partial charge in [-0.1, -0.05) is 32.0 Å². The summed E-state index contributed by atoms with van der Waals surface area (Å²) in [5, 5.41) is 1.77. The molecular weight excluding hydrogens is 242 g/mol. The summed E-state index contributed by atoms with van der Waals surface area (Å²) in [4.78, 5) is 11.7. The Kier molecular flexibility index (Phi) is 4.48. The molecule has 1 heterocycles. The molecule has 0 radical (unpaired) electrons. The molecule has 0 N–H and O–H groups in total. The van der Waals surface area contributed by atoms with E-state index >= 15 is 0 Å². The summed E-state index contributed by atoms with van der Waals surface area (Å²) in [5.41, 5.74) is 1.21. The number of fused-ring (bicyclic) bond motifs is 1. The third kappa shape index (κ3) is 3.39. The van der Waals surface area contributed by atoms with E-state index in [0.717, 1.165) is 6.54 Å². The molecule has 0 aliphatic rings. The number of nitrogens with zero attached hydrogens (tertiary/aromatic N) is 1. The maximum Gasteiger partial charge on any atom is 0.144 e. The number of carbonyl (C=O) groups excluding carboxylic acids is 1. The quantitative estimate of drug-likeness (QED) is 0.790. The van der Waals surface area contributed by atoms with Crippen LogP contribution in [-0.2, 0) is 11.3 Å². The topological polar surface area (TPSA) is 22.0 Å². The second-order valence-corrected chi connectivity index (χ2v) is 6.28. The van der Waals surface area contributed by atoms with Gasteiger partial charge in [0, 0.05) is 24.7 Å². The van der Waals surface area contributed by atoms with Gasteiger partial charge in [0.25, 0.3) is 0 Å². The zero-order chi connectivity index (χ0) is 13.0. The van der Waals surface area contributed by atoms with Crippen molar-refractivity contribution in [2.45, 2.75) is 32.1 Å². The van der Waals surface area contributed by atoms with E-state index in [1.807, 2.05) is 12.1 Å². The summed E-state index contributed by atoms with van der Waals surface area (Å²) >= 11 is 1.72. The van der Waals surface area contributed by atoms with E-state index in [9.17, 15) is 4.79 Å². The van der Waals surface area contributed by atoms with E-state index in [2.05, 4.69) is 42.8 Å². The van der Waals surface area contributed by atoms with Crippen molar-refractivity contribution in [2.75, 3.05) is 5.75 Å². The summed E-state index contributed by atoms with van der Waals surface area (Å²) in [6.07, 6.45) is 2.69. The lowest BCUT2D eigenvalue weighted by Crippen LogP contribution is -2.08. The molecule has 0 spiro atoms. The van der Waals surface area contributed by atoms with Gasteiger partial charge in [0.2, 0.25) is 0 Å². The Morgan fingerprint density at radius 3 is 2.83 bits per heavy atom. The molecule has 18 heavy (non-hydrogen) atoms. The van der Waals surface area contributed by atoms with Crippen LogP contribution in [0.15, 0.2) is 36.5 Å². The first-order valence-electron chi connectivity index (χ1n) is 6.34. The third-order valence-corrected chi connectivity index (χ3v) is 4.04. The highest BCUT2D eigenvalue weighted by molar-refractivity contribution is 8.00. The number of ketones is 1. The average molecular weight is 261 g/mol. The van der Waals surface area contributed by atoms with Gasteiger partial charge in [-0.15, -0.1) is 0 Å². The first-order chi connectivity index (χ1) is 8.66. The number of para-hydroxylation sites is 1. The molecular formula is C15H19NOS. The van der Waals surface area contributed by atoms with Crippen LogP contribution in [0.25, 0.3) is 10.9 Å². The molecule has 0 fully saturated rings. The van der Waals surface area contributed by atoms with Crippen LogP contribution in [0, 0.1) is 0 Å². The molecule has 96 valence electrons. The van der Waals surface area contributed by atoms with Crippen molar-refractivity contribution < 1.29 is 4.79 Å². The molecule has 0 aliphatic carbocycles. The Balaban J connectivity index is 1.92. The Hall–Kier alpha value is -1.22. The Morgan fingerprint density at radius 2 is 2.06 bits per heavy atom. The molecule has 0 saturated carbocycles. The van der Waals surface area contributed by atoms with Gasteiger partial charge in [-0.2, -0.15) is 11.8 Å². The lowest BCUT2D eigenvalue weighted by atomic mass is 10.2. The standard InChI is InChI=1S/C15H19NOS/c1-12(2)18-11-14(17)8-10-16-9-7-13-5-3-4-6-15(13)16/h3-7,9,12H,8,10-11H2,1-2H3. The Morgan fingerprint density at radius 1 is 1.28 bits per heavy atom. The first-order valence-corrected chi connectivity index (χ1v) is 7.39. The van der Waals surface area contributed by atoms with Crippen molar-refractivity contribution in [1.29, 1.82) is 0 Å². The van der Waals surface area contributed by atoms with Gasteiger partial charge in [0.05, 0.1) is 5.75 Å². The van der Waals surface area contributed by atoms with E-state index in [1.54, 1.807) is 11.8 Å². The minimum atomic E-state index is 0.339. The molecule has 1 aromatic carbocycles. The highest BCUT2D eigenvalue weighted by Crippen LogP contribution is 2.16. The van der Waals surface area contributed by atoms with E-state index < -0.39 is 0 Å². The number of Topliss-reactive ketones (excluding diaryl/α,β-unsaturated/α-hetero) is 1. The summed E-state index contributed by atoms with van der Waals surface area (Å²) in [6, 6.07) is 10.4. The largest absolute Gasteiger partial charge is 0.347 e. The van der Waals surface area contributed by atoms with E-state index in [1.165, 1.54) is 10.9 Å². The molecule has 1 aromatic heterocycles. The Bertz CT molecular complexity index is 530. The van der Waals surface area contributed by atoms with Gasteiger partial charge < -0.3 is 4.57 Å². The fraction of sp³-hybridized carbons (Fsp3) is 0.400. The molecule has 0 unspecified atom stereocenters. The maximum absolute atomic E-state index is 11.7. The van der Waals surface area contributed by atoms with Crippen LogP contribution < -0.4 is 0 Å². The summed E-state index contributed by atoms with van der Waals surface area (Å²) in [5.74, 6) is 0.975. The fourth-order valence-electron chi connectivity index (χ4n) is 1.91. The molecule has 0 aliphatic heterocycles. The average Bonchev–Trinajstić information content (AvgIpc) is 2.77. The van der Waals surface area contributed by atoms with Crippen molar-refractivity contribution in [3.63, 3.8) is 0 Å². The number of carbonyl (C=O) groups is 1. The lowest BCUT2D eigenvalue weighted by molar-refractivity contribution is -0.116. The Labute approximate surface area is 112 Å². The van der Waals surface area contributed by atoms with Gasteiger partial charge in [-0.25, -0.2) is 0 Å². The van der Waals surface area contributed by atoms with Crippen LogP contribution in [0.5, 0.6) is 0 Å². The number of aryl methyl sites for hydroxylation is 1. The number of aromatic nitrogens is 1. The van der Waals surface area contributed by atoms with Gasteiger partial charge in [0.15, 0.2) is 0 Å². The molecule has 0 bridgehead atoms. The van der Waals surface area contributed by atoms with Gasteiger partial charge in [0.1, 0.15) is 5.78 Å². The van der Waals surface area contributed by atoms with Crippen molar-refractivity contribution in [2.24, 2.45) is 0 Å². The van der Waals surface area contributed by atoms with Gasteiger partial charge >= 0.3 is 0 Å². The van der Waals surface area contributed by atoms with Gasteiger partial charge in [-0.3, -0.25) is 4.79 Å². The minimum Gasteiger partial charge on any atom is -0.347 e. The first kappa shape index (κ1) is 13.2. The van der Waals surface area contributed by atoms with Crippen molar-refractivity contribution in [1.82, 2.24) is 4.57 Å². The summed E-state index contributed by atoms with van der Waals surface area (Å²) in [6.45, 7) is 5.03. The van der Waals surface area contributed by atoms with Crippen LogP contribution in [-0.4, -0.2) is 21.4 Å². The summed E-state index contributed by atoms with van der Waals surface area (Å²) < 4.78 is 2.16. The highest BCUT2D eigenvalue weighted by atomic mass is 32.2. The lowest BCUT2D eigenvalue weighted by Gasteiger charge is -2.06. The normalized spacial score (nSPS) is 11.3. The van der Waals surface area contributed by atoms with Crippen molar-refractivity contribution >= 4 is 28.4 Å². The monoisotopic (exact) mass is 261 g/mol. The predicted molar refractivity (Wildman–Crippen MR) is 79.2 cm³/mol. The highest BCUT2D eigenvalue weighted by Gasteiger charge is 2.06. The van der Waals surface area contributed by atoms with Crippen molar-refractivity contribution in [3.05, 3.63) is 36.5 Å². The number of thioether (sulfide) groups is 1. The maximum atomic E-state index is 11.7. The van der Waals surface area contributed by atoms with Crippen LogP contribution in [0.3, 0.4) is 0 Å². The second kappa shape index (κ2) is 6.10. The second-order valence-electron chi connectivity index (χ2n) is 4.72. The smallest absolute Gasteiger partial charge is 0.144 e. The minimum absolute atomic E-state index is 0.339. The number of hydrogen-bond donors (Lipinski definition) is 0. The van der Waals surface area contributed by atoms with E-state index in [-0.39, 0.29) is 0 Å². The number of hydrogen-bond acceptors (Lipinski definition) is 2. The van der Waals surface area contributed by atoms with E-state index in [0.29, 0.717) is 23.2 Å². The van der Waals surface area contributed by atoms with Crippen LogP contribution in [0.1, 0.15) is 20.3 Å². The zero-order valence-electron chi connectivity index (χ0n) is 10.9. The van der Waals surface area contributed by atoms with Crippen LogP contribution in [0.2, 0.25) is 0 Å². The summed E-state index contributed by atoms with van der Waals surface area (Å²) in [7, 11) is 0. The zero-order valence-corrected chi connectivity index (χ0v) is 11.7. The molecule has 0 amide bonds. The van der Waals surface area contributed by atoms with Gasteiger partial charge in [-0.05, 0) is 22.8 Å². The van der Waals surface area contributed by atoms with Crippen LogP contribution >= 0.6 is 11.8 Å². The van der Waals surface area contributed by atoms with E-state index in [4.69, 9.17) is 0 Å².